The van der Waals surface area contributed by atoms with E-state index in [0.717, 1.165) is 25.8 Å². The lowest BCUT2D eigenvalue weighted by molar-refractivity contribution is 0.393. The molecule has 0 radical (unpaired) electrons. The molecule has 0 bridgehead atoms. The monoisotopic (exact) mass is 235 g/mol. The molecule has 1 aliphatic rings. The SMILES string of the molecule is CCC(CC)n1ccc(CC2(C)CCCN2)n1. The van der Waals surface area contributed by atoms with Crippen LogP contribution in [0.1, 0.15) is 58.2 Å². The standard InChI is InChI=1S/C14H25N3/c1-4-13(5-2)17-10-7-12(16-17)11-14(3)8-6-9-15-14/h7,10,13,15H,4-6,8-9,11H2,1-3H3. The fourth-order valence-corrected chi connectivity index (χ4v) is 2.85. The van der Waals surface area contributed by atoms with Crippen LogP contribution in [-0.4, -0.2) is 21.9 Å². The molecule has 1 saturated heterocycles. The molecule has 2 heterocycles. The van der Waals surface area contributed by atoms with Crippen molar-refractivity contribution in [3.8, 4) is 0 Å². The first kappa shape index (κ1) is 12.6. The van der Waals surface area contributed by atoms with Gasteiger partial charge in [-0.3, -0.25) is 4.68 Å². The molecular weight excluding hydrogens is 210 g/mol. The molecule has 2 rings (SSSR count). The summed E-state index contributed by atoms with van der Waals surface area (Å²) in [5.41, 5.74) is 1.50. The number of rotatable bonds is 5. The average Bonchev–Trinajstić information content (AvgIpc) is 2.91. The summed E-state index contributed by atoms with van der Waals surface area (Å²) in [5.74, 6) is 0. The molecule has 1 atom stereocenters. The third-order valence-corrected chi connectivity index (χ3v) is 4.01. The van der Waals surface area contributed by atoms with Crippen LogP contribution in [0.25, 0.3) is 0 Å². The molecule has 0 aliphatic carbocycles. The topological polar surface area (TPSA) is 29.9 Å². The molecule has 0 aromatic carbocycles. The van der Waals surface area contributed by atoms with Gasteiger partial charge in [0, 0.05) is 18.2 Å². The molecule has 1 aromatic rings. The summed E-state index contributed by atoms with van der Waals surface area (Å²) in [7, 11) is 0. The maximum Gasteiger partial charge on any atom is 0.0642 e. The van der Waals surface area contributed by atoms with E-state index in [1.54, 1.807) is 0 Å². The largest absolute Gasteiger partial charge is 0.311 e. The summed E-state index contributed by atoms with van der Waals surface area (Å²) in [6, 6.07) is 2.75. The molecule has 3 nitrogen and oxygen atoms in total. The first-order valence-electron chi connectivity index (χ1n) is 6.96. The van der Waals surface area contributed by atoms with Gasteiger partial charge in [0.15, 0.2) is 0 Å². The minimum absolute atomic E-state index is 0.271. The van der Waals surface area contributed by atoms with Crippen LogP contribution in [0.15, 0.2) is 12.3 Å². The average molecular weight is 235 g/mol. The zero-order valence-corrected chi connectivity index (χ0v) is 11.4. The first-order chi connectivity index (χ1) is 8.17. The van der Waals surface area contributed by atoms with E-state index in [-0.39, 0.29) is 5.54 Å². The second-order valence-corrected chi connectivity index (χ2v) is 5.53. The molecule has 0 saturated carbocycles. The fourth-order valence-electron chi connectivity index (χ4n) is 2.85. The summed E-state index contributed by atoms with van der Waals surface area (Å²) >= 11 is 0. The third-order valence-electron chi connectivity index (χ3n) is 4.01. The summed E-state index contributed by atoms with van der Waals surface area (Å²) in [6.07, 6.45) is 8.08. The highest BCUT2D eigenvalue weighted by atomic mass is 15.3. The van der Waals surface area contributed by atoms with E-state index in [2.05, 4.69) is 43.0 Å². The van der Waals surface area contributed by atoms with E-state index in [9.17, 15) is 0 Å². The predicted octanol–water partition coefficient (Wildman–Crippen LogP) is 2.93. The predicted molar refractivity (Wildman–Crippen MR) is 71.2 cm³/mol. The van der Waals surface area contributed by atoms with Gasteiger partial charge in [-0.05, 0) is 45.2 Å². The van der Waals surface area contributed by atoms with Gasteiger partial charge >= 0.3 is 0 Å². The van der Waals surface area contributed by atoms with Crippen molar-refractivity contribution in [2.24, 2.45) is 0 Å². The van der Waals surface area contributed by atoms with Crippen LogP contribution in [0.3, 0.4) is 0 Å². The quantitative estimate of drug-likeness (QED) is 0.850. The van der Waals surface area contributed by atoms with Crippen molar-refractivity contribution in [3.05, 3.63) is 18.0 Å². The van der Waals surface area contributed by atoms with E-state index in [1.807, 2.05) is 0 Å². The highest BCUT2D eigenvalue weighted by Crippen LogP contribution is 2.23. The Labute approximate surface area is 105 Å². The van der Waals surface area contributed by atoms with Crippen molar-refractivity contribution in [1.29, 1.82) is 0 Å². The van der Waals surface area contributed by atoms with Crippen molar-refractivity contribution in [1.82, 2.24) is 15.1 Å². The Hall–Kier alpha value is -0.830. The Kier molecular flexibility index (Phi) is 3.87. The molecule has 1 aromatic heterocycles. The highest BCUT2D eigenvalue weighted by molar-refractivity contribution is 5.07. The van der Waals surface area contributed by atoms with Gasteiger partial charge in [0.05, 0.1) is 11.7 Å². The first-order valence-corrected chi connectivity index (χ1v) is 6.96. The Morgan fingerprint density at radius 3 is 2.82 bits per heavy atom. The van der Waals surface area contributed by atoms with Crippen LogP contribution in [0.4, 0.5) is 0 Å². The zero-order valence-electron chi connectivity index (χ0n) is 11.4. The Balaban J connectivity index is 2.03. The lowest BCUT2D eigenvalue weighted by Crippen LogP contribution is -2.38. The van der Waals surface area contributed by atoms with Gasteiger partial charge in [-0.2, -0.15) is 5.10 Å². The maximum absolute atomic E-state index is 4.74. The second-order valence-electron chi connectivity index (χ2n) is 5.53. The Morgan fingerprint density at radius 2 is 2.24 bits per heavy atom. The van der Waals surface area contributed by atoms with Crippen molar-refractivity contribution in [2.75, 3.05) is 6.54 Å². The third kappa shape index (κ3) is 2.89. The van der Waals surface area contributed by atoms with Crippen LogP contribution in [-0.2, 0) is 6.42 Å². The van der Waals surface area contributed by atoms with Gasteiger partial charge in [-0.15, -0.1) is 0 Å². The highest BCUT2D eigenvalue weighted by Gasteiger charge is 2.28. The number of nitrogens with one attached hydrogen (secondary N) is 1. The van der Waals surface area contributed by atoms with Gasteiger partial charge < -0.3 is 5.32 Å². The normalized spacial score (nSPS) is 24.7. The molecule has 1 N–H and O–H groups in total. The lowest BCUT2D eigenvalue weighted by Gasteiger charge is -2.23. The molecule has 0 amide bonds. The second kappa shape index (κ2) is 5.21. The van der Waals surface area contributed by atoms with Gasteiger partial charge in [0.1, 0.15) is 0 Å². The zero-order chi connectivity index (χ0) is 12.3. The van der Waals surface area contributed by atoms with E-state index < -0.39 is 0 Å². The molecule has 96 valence electrons. The van der Waals surface area contributed by atoms with Gasteiger partial charge in [-0.25, -0.2) is 0 Å². The number of aromatic nitrogens is 2. The van der Waals surface area contributed by atoms with Crippen LogP contribution in [0.5, 0.6) is 0 Å². The molecule has 1 unspecified atom stereocenters. The van der Waals surface area contributed by atoms with Crippen LogP contribution >= 0.6 is 0 Å². The van der Waals surface area contributed by atoms with Gasteiger partial charge in [0.25, 0.3) is 0 Å². The van der Waals surface area contributed by atoms with Crippen molar-refractivity contribution in [3.63, 3.8) is 0 Å². The summed E-state index contributed by atoms with van der Waals surface area (Å²) in [6.45, 7) is 7.94. The minimum Gasteiger partial charge on any atom is -0.311 e. The van der Waals surface area contributed by atoms with Crippen LogP contribution < -0.4 is 5.32 Å². The number of hydrogen-bond acceptors (Lipinski definition) is 2. The van der Waals surface area contributed by atoms with Crippen molar-refractivity contribution < 1.29 is 0 Å². The molecule has 0 spiro atoms. The van der Waals surface area contributed by atoms with E-state index in [4.69, 9.17) is 5.10 Å². The number of hydrogen-bond donors (Lipinski definition) is 1. The summed E-state index contributed by atoms with van der Waals surface area (Å²) < 4.78 is 2.15. The molecule has 17 heavy (non-hydrogen) atoms. The molecular formula is C14H25N3. The Morgan fingerprint density at radius 1 is 1.47 bits per heavy atom. The molecule has 1 fully saturated rings. The summed E-state index contributed by atoms with van der Waals surface area (Å²) in [5, 5.41) is 8.34. The molecule has 1 aliphatic heterocycles. The van der Waals surface area contributed by atoms with Gasteiger partial charge in [-0.1, -0.05) is 13.8 Å². The lowest BCUT2D eigenvalue weighted by atomic mass is 9.94. The van der Waals surface area contributed by atoms with Crippen molar-refractivity contribution in [2.45, 2.75) is 64.5 Å². The van der Waals surface area contributed by atoms with E-state index in [1.165, 1.54) is 18.5 Å². The van der Waals surface area contributed by atoms with Crippen LogP contribution in [0.2, 0.25) is 0 Å². The van der Waals surface area contributed by atoms with E-state index >= 15 is 0 Å². The van der Waals surface area contributed by atoms with E-state index in [0.29, 0.717) is 6.04 Å². The van der Waals surface area contributed by atoms with Gasteiger partial charge in [0.2, 0.25) is 0 Å². The Bertz CT molecular complexity index is 346. The number of nitrogens with zero attached hydrogens (tertiary/aromatic N) is 2. The minimum atomic E-state index is 0.271. The summed E-state index contributed by atoms with van der Waals surface area (Å²) in [4.78, 5) is 0. The molecule has 3 heteroatoms. The maximum atomic E-state index is 4.74. The van der Waals surface area contributed by atoms with Crippen LogP contribution in [0, 0.1) is 0 Å². The fraction of sp³-hybridized carbons (Fsp3) is 0.786. The smallest absolute Gasteiger partial charge is 0.0642 e. The van der Waals surface area contributed by atoms with Crippen molar-refractivity contribution >= 4 is 0 Å².